The Balaban J connectivity index is 1.38. The number of carbonyl (C=O) groups is 2. The lowest BCUT2D eigenvalue weighted by molar-refractivity contribution is -0.183. The molecule has 47 heavy (non-hydrogen) atoms. The summed E-state index contributed by atoms with van der Waals surface area (Å²) in [5.74, 6) is -3.09. The highest BCUT2D eigenvalue weighted by Gasteiger charge is 2.51. The van der Waals surface area contributed by atoms with E-state index in [4.69, 9.17) is 4.74 Å². The number of amides is 1. The standard InChI is InChI=1S/C30H32F8N6O3/c1-2-3-22(45)39-12-14-4-9-18(30(36,37)38)19(10-14)40-28-41-20-11-17(27(43-26(20)44-28)47-13-21(31)32)25(46)24-23(42-24)15-5-7-16(8-6-15)29(33,34)35/h4,9-11,15-16,21,23-24,42H,2-3,5-8,12-13H2,1H3,(H,39,45)(H2,40,41,43,44). The molecule has 2 aliphatic rings. The Morgan fingerprint density at radius 3 is 2.40 bits per heavy atom. The van der Waals surface area contributed by atoms with Crippen LogP contribution in [0.15, 0.2) is 24.3 Å². The predicted molar refractivity (Wildman–Crippen MR) is 153 cm³/mol. The zero-order chi connectivity index (χ0) is 34.1. The van der Waals surface area contributed by atoms with Gasteiger partial charge in [0.1, 0.15) is 0 Å². The first-order chi connectivity index (χ1) is 22.1. The molecule has 3 aromatic rings. The van der Waals surface area contributed by atoms with Crippen LogP contribution in [0.5, 0.6) is 5.88 Å². The average molecular weight is 677 g/mol. The number of nitrogens with zero attached hydrogens (tertiary/aromatic N) is 2. The van der Waals surface area contributed by atoms with Gasteiger partial charge in [-0.1, -0.05) is 13.0 Å². The molecule has 0 bridgehead atoms. The minimum Gasteiger partial charge on any atom is -0.471 e. The van der Waals surface area contributed by atoms with E-state index >= 15 is 0 Å². The Bertz CT molecular complexity index is 1600. The summed E-state index contributed by atoms with van der Waals surface area (Å²) in [5.41, 5.74) is -1.31. The van der Waals surface area contributed by atoms with Gasteiger partial charge in [0.05, 0.1) is 34.3 Å². The number of ketones is 1. The van der Waals surface area contributed by atoms with E-state index in [1.54, 1.807) is 0 Å². The Morgan fingerprint density at radius 2 is 1.77 bits per heavy atom. The van der Waals surface area contributed by atoms with E-state index in [-0.39, 0.29) is 73.1 Å². The van der Waals surface area contributed by atoms with Gasteiger partial charge in [0, 0.05) is 19.0 Å². The van der Waals surface area contributed by atoms with Crippen LogP contribution in [0.2, 0.25) is 0 Å². The summed E-state index contributed by atoms with van der Waals surface area (Å²) >= 11 is 0. The molecule has 256 valence electrons. The molecule has 2 atom stereocenters. The predicted octanol–water partition coefficient (Wildman–Crippen LogP) is 6.67. The van der Waals surface area contributed by atoms with Gasteiger partial charge >= 0.3 is 12.4 Å². The maximum absolute atomic E-state index is 13.8. The van der Waals surface area contributed by atoms with Crippen molar-refractivity contribution < 1.29 is 49.4 Å². The Labute approximate surface area is 263 Å². The van der Waals surface area contributed by atoms with Crippen molar-refractivity contribution in [2.24, 2.45) is 11.8 Å². The number of hydrogen-bond donors (Lipinski definition) is 4. The Kier molecular flexibility index (Phi) is 9.94. The molecule has 5 rings (SSSR count). The van der Waals surface area contributed by atoms with Gasteiger partial charge in [0.2, 0.25) is 17.7 Å². The van der Waals surface area contributed by atoms with Gasteiger partial charge < -0.3 is 25.7 Å². The molecule has 0 spiro atoms. The number of imidazole rings is 1. The van der Waals surface area contributed by atoms with E-state index in [0.29, 0.717) is 12.0 Å². The maximum atomic E-state index is 13.8. The minimum atomic E-state index is -4.76. The summed E-state index contributed by atoms with van der Waals surface area (Å²) in [6.45, 7) is 0.682. The van der Waals surface area contributed by atoms with Gasteiger partial charge in [-0.05, 0) is 61.8 Å². The van der Waals surface area contributed by atoms with Gasteiger partial charge in [-0.2, -0.15) is 36.3 Å². The third-order valence-electron chi connectivity index (χ3n) is 8.31. The van der Waals surface area contributed by atoms with E-state index in [1.807, 2.05) is 6.92 Å². The summed E-state index contributed by atoms with van der Waals surface area (Å²) in [7, 11) is 0. The maximum Gasteiger partial charge on any atom is 0.418 e. The molecule has 4 N–H and O–H groups in total. The molecule has 1 aliphatic heterocycles. The molecule has 17 heteroatoms. The number of pyridine rings is 1. The SMILES string of the molecule is CCCC(=O)NCc1ccc(C(F)(F)F)c(Nc2nc3nc(OCC(F)F)c(C(=O)C4NC4C4CCC(C(F)(F)F)CC4)cc3[nH]2)c1. The first-order valence-electron chi connectivity index (χ1n) is 15.1. The lowest BCUT2D eigenvalue weighted by atomic mass is 9.79. The number of Topliss-reactive ketones (excluding diaryl/α,β-unsaturated/α-hetero) is 1. The summed E-state index contributed by atoms with van der Waals surface area (Å²) in [6, 6.07) is 3.31. The number of benzene rings is 1. The Hall–Kier alpha value is -4.02. The molecule has 9 nitrogen and oxygen atoms in total. The lowest BCUT2D eigenvalue weighted by Crippen LogP contribution is -2.30. The van der Waals surface area contributed by atoms with Crippen LogP contribution in [0.3, 0.4) is 0 Å². The molecular formula is C30H32F8N6O3. The summed E-state index contributed by atoms with van der Waals surface area (Å²) < 4.78 is 112. The number of aromatic nitrogens is 3. The second-order valence-corrected chi connectivity index (χ2v) is 11.7. The summed E-state index contributed by atoms with van der Waals surface area (Å²) in [6.07, 6.45) is -10.7. The van der Waals surface area contributed by atoms with Crippen LogP contribution < -0.4 is 20.7 Å². The van der Waals surface area contributed by atoms with E-state index in [1.165, 1.54) is 18.2 Å². The average Bonchev–Trinajstić information content (AvgIpc) is 3.70. The second kappa shape index (κ2) is 13.6. The van der Waals surface area contributed by atoms with E-state index in [9.17, 15) is 44.7 Å². The van der Waals surface area contributed by atoms with Crippen molar-refractivity contribution in [1.29, 1.82) is 0 Å². The van der Waals surface area contributed by atoms with Crippen LogP contribution in [0, 0.1) is 11.8 Å². The molecule has 1 aromatic carbocycles. The number of H-pyrrole nitrogens is 1. The van der Waals surface area contributed by atoms with Crippen LogP contribution in [0.1, 0.15) is 66.9 Å². The number of rotatable bonds is 12. The molecule has 2 aromatic heterocycles. The fraction of sp³-hybridized carbons (Fsp3) is 0.533. The summed E-state index contributed by atoms with van der Waals surface area (Å²) in [4.78, 5) is 36.3. The summed E-state index contributed by atoms with van der Waals surface area (Å²) in [5, 5.41) is 8.18. The molecule has 2 unspecified atom stereocenters. The van der Waals surface area contributed by atoms with Gasteiger partial charge in [-0.3, -0.25) is 9.59 Å². The number of ether oxygens (including phenoxy) is 1. The number of alkyl halides is 8. The molecule has 1 saturated carbocycles. The topological polar surface area (TPSA) is 131 Å². The van der Waals surface area contributed by atoms with Crippen LogP contribution in [0.4, 0.5) is 46.8 Å². The number of carbonyl (C=O) groups excluding carboxylic acids is 2. The van der Waals surface area contributed by atoms with Crippen LogP contribution in [-0.2, 0) is 17.5 Å². The minimum absolute atomic E-state index is 0.0242. The van der Waals surface area contributed by atoms with Crippen LogP contribution >= 0.6 is 0 Å². The highest BCUT2D eigenvalue weighted by Crippen LogP contribution is 2.43. The zero-order valence-electron chi connectivity index (χ0n) is 25.0. The third kappa shape index (κ3) is 8.29. The van der Waals surface area contributed by atoms with Crippen molar-refractivity contribution in [1.82, 2.24) is 25.6 Å². The lowest BCUT2D eigenvalue weighted by Gasteiger charge is -2.29. The molecule has 1 aliphatic carbocycles. The van der Waals surface area contributed by atoms with Crippen molar-refractivity contribution in [3.63, 3.8) is 0 Å². The van der Waals surface area contributed by atoms with Crippen molar-refractivity contribution in [3.8, 4) is 5.88 Å². The Morgan fingerprint density at radius 1 is 1.04 bits per heavy atom. The van der Waals surface area contributed by atoms with Crippen LogP contribution in [-0.4, -0.2) is 57.9 Å². The fourth-order valence-corrected chi connectivity index (χ4v) is 5.88. The number of nitrogens with one attached hydrogen (secondary N) is 4. The highest BCUT2D eigenvalue weighted by atomic mass is 19.4. The zero-order valence-corrected chi connectivity index (χ0v) is 25.0. The molecule has 0 radical (unpaired) electrons. The van der Waals surface area contributed by atoms with Gasteiger partial charge in [0.25, 0.3) is 6.43 Å². The van der Waals surface area contributed by atoms with Gasteiger partial charge in [0.15, 0.2) is 18.0 Å². The fourth-order valence-electron chi connectivity index (χ4n) is 5.88. The first-order valence-corrected chi connectivity index (χ1v) is 15.1. The number of hydrogen-bond acceptors (Lipinski definition) is 7. The molecule has 3 heterocycles. The third-order valence-corrected chi connectivity index (χ3v) is 8.31. The number of halogens is 8. The van der Waals surface area contributed by atoms with Gasteiger partial charge in [-0.25, -0.2) is 8.78 Å². The van der Waals surface area contributed by atoms with E-state index < -0.39 is 66.3 Å². The number of fused-ring (bicyclic) bond motifs is 1. The monoisotopic (exact) mass is 676 g/mol. The first kappa shape index (κ1) is 34.3. The van der Waals surface area contributed by atoms with E-state index in [2.05, 4.69) is 30.9 Å². The quantitative estimate of drug-likeness (QED) is 0.0958. The largest absolute Gasteiger partial charge is 0.471 e. The molecular weight excluding hydrogens is 644 g/mol. The molecule has 1 amide bonds. The van der Waals surface area contributed by atoms with Gasteiger partial charge in [-0.15, -0.1) is 0 Å². The van der Waals surface area contributed by atoms with Crippen LogP contribution in [0.25, 0.3) is 11.2 Å². The van der Waals surface area contributed by atoms with Crippen molar-refractivity contribution >= 4 is 34.5 Å². The smallest absolute Gasteiger partial charge is 0.418 e. The molecule has 1 saturated heterocycles. The van der Waals surface area contributed by atoms with Crippen molar-refractivity contribution in [3.05, 3.63) is 41.0 Å². The van der Waals surface area contributed by atoms with Crippen molar-refractivity contribution in [2.45, 2.75) is 82.9 Å². The van der Waals surface area contributed by atoms with E-state index in [0.717, 1.165) is 6.07 Å². The number of aromatic amines is 1. The van der Waals surface area contributed by atoms with Crippen molar-refractivity contribution in [2.75, 3.05) is 11.9 Å². The highest BCUT2D eigenvalue weighted by molar-refractivity contribution is 6.06. The normalized spacial score (nSPS) is 21.6. The molecule has 2 fully saturated rings. The second-order valence-electron chi connectivity index (χ2n) is 11.7. The number of anilines is 2.